The summed E-state index contributed by atoms with van der Waals surface area (Å²) in [4.78, 5) is 23.0. The molecule has 1 fully saturated rings. The number of pyridine rings is 1. The molecule has 0 bridgehead atoms. The fourth-order valence-electron chi connectivity index (χ4n) is 2.14. The largest absolute Gasteiger partial charge is 0.466 e. The quantitative estimate of drug-likeness (QED) is 0.659. The Bertz CT molecular complexity index is 746. The Labute approximate surface area is 127 Å². The van der Waals surface area contributed by atoms with E-state index in [4.69, 9.17) is 0 Å². The van der Waals surface area contributed by atoms with Gasteiger partial charge in [-0.1, -0.05) is 6.08 Å². The Kier molecular flexibility index (Phi) is 3.86. The lowest BCUT2D eigenvalue weighted by molar-refractivity contribution is -0.134. The smallest absolute Gasteiger partial charge is 0.330 e. The number of ether oxygens (including phenoxy) is 1. The number of esters is 1. The monoisotopic (exact) mass is 300 g/mol. The first-order chi connectivity index (χ1) is 10.7. The minimum absolute atomic E-state index is 0.216. The molecule has 0 unspecified atom stereocenters. The van der Waals surface area contributed by atoms with E-state index in [0.717, 1.165) is 24.3 Å². The number of rotatable bonds is 5. The molecule has 1 amide bonds. The van der Waals surface area contributed by atoms with E-state index in [1.54, 1.807) is 18.3 Å². The van der Waals surface area contributed by atoms with Gasteiger partial charge in [0.25, 0.3) is 5.91 Å². The molecule has 0 atom stereocenters. The molecule has 1 aliphatic carbocycles. The molecule has 1 N–H and O–H groups in total. The van der Waals surface area contributed by atoms with Crippen molar-refractivity contribution in [2.75, 3.05) is 13.7 Å². The maximum Gasteiger partial charge on any atom is 0.330 e. The number of nitrogens with zero attached hydrogens (tertiary/aromatic N) is 3. The van der Waals surface area contributed by atoms with Crippen LogP contribution in [-0.4, -0.2) is 40.1 Å². The lowest BCUT2D eigenvalue weighted by Gasteiger charge is -2.04. The third kappa shape index (κ3) is 2.98. The van der Waals surface area contributed by atoms with Gasteiger partial charge in [-0.05, 0) is 25.0 Å². The highest BCUT2D eigenvalue weighted by Gasteiger charge is 2.28. The van der Waals surface area contributed by atoms with Crippen molar-refractivity contribution in [3.05, 3.63) is 41.9 Å². The summed E-state index contributed by atoms with van der Waals surface area (Å²) in [5.74, 6) is 0.702. The Morgan fingerprint density at radius 3 is 2.95 bits per heavy atom. The van der Waals surface area contributed by atoms with Gasteiger partial charge in [-0.15, -0.1) is 10.2 Å². The molecule has 0 aliphatic heterocycles. The van der Waals surface area contributed by atoms with Crippen molar-refractivity contribution >= 4 is 17.5 Å². The van der Waals surface area contributed by atoms with E-state index in [1.165, 1.54) is 19.3 Å². The lowest BCUT2D eigenvalue weighted by atomic mass is 10.2. The number of hydrogen-bond acceptors (Lipinski definition) is 5. The van der Waals surface area contributed by atoms with Crippen molar-refractivity contribution < 1.29 is 14.3 Å². The van der Waals surface area contributed by atoms with Gasteiger partial charge in [-0.2, -0.15) is 0 Å². The van der Waals surface area contributed by atoms with E-state index < -0.39 is 5.97 Å². The molecule has 114 valence electrons. The first kappa shape index (κ1) is 14.2. The van der Waals surface area contributed by atoms with Gasteiger partial charge in [0.05, 0.1) is 12.7 Å². The predicted molar refractivity (Wildman–Crippen MR) is 78.5 cm³/mol. The van der Waals surface area contributed by atoms with Gasteiger partial charge in [0.2, 0.25) is 0 Å². The molecule has 0 aromatic carbocycles. The fraction of sp³-hybridized carbons (Fsp3) is 0.333. The number of carbonyl (C=O) groups is 2. The van der Waals surface area contributed by atoms with Crippen molar-refractivity contribution in [2.45, 2.75) is 18.8 Å². The molecule has 2 heterocycles. The van der Waals surface area contributed by atoms with E-state index in [2.05, 4.69) is 20.3 Å². The van der Waals surface area contributed by atoms with Crippen molar-refractivity contribution in [3.63, 3.8) is 0 Å². The highest BCUT2D eigenvalue weighted by Crippen LogP contribution is 2.38. The zero-order chi connectivity index (χ0) is 15.5. The number of nitrogens with one attached hydrogen (secondary N) is 1. The van der Waals surface area contributed by atoms with Crippen LogP contribution in [0.2, 0.25) is 0 Å². The number of methoxy groups -OCH3 is 1. The van der Waals surface area contributed by atoms with Gasteiger partial charge in [-0.25, -0.2) is 4.79 Å². The van der Waals surface area contributed by atoms with Gasteiger partial charge in [0.1, 0.15) is 5.82 Å². The summed E-state index contributed by atoms with van der Waals surface area (Å²) >= 11 is 0. The molecule has 2 aromatic rings. The first-order valence-electron chi connectivity index (χ1n) is 7.06. The second-order valence-electron chi connectivity index (χ2n) is 5.11. The molecule has 0 spiro atoms. The summed E-state index contributed by atoms with van der Waals surface area (Å²) in [6, 6.07) is 3.48. The SMILES string of the molecule is COC(=O)/C=C/CNC(=O)c1ccc2nnc(C3CC3)n2c1. The lowest BCUT2D eigenvalue weighted by Crippen LogP contribution is -2.23. The number of fused-ring (bicyclic) bond motifs is 1. The molecule has 1 aliphatic rings. The second kappa shape index (κ2) is 5.97. The second-order valence-corrected chi connectivity index (χ2v) is 5.11. The molecule has 22 heavy (non-hydrogen) atoms. The maximum absolute atomic E-state index is 12.1. The topological polar surface area (TPSA) is 85.6 Å². The minimum atomic E-state index is -0.450. The van der Waals surface area contributed by atoms with Gasteiger partial charge in [-0.3, -0.25) is 9.20 Å². The zero-order valence-corrected chi connectivity index (χ0v) is 12.2. The highest BCUT2D eigenvalue weighted by atomic mass is 16.5. The first-order valence-corrected chi connectivity index (χ1v) is 7.06. The predicted octanol–water partition coefficient (Wildman–Crippen LogP) is 1.07. The summed E-state index contributed by atoms with van der Waals surface area (Å²) in [6.07, 6.45) is 6.80. The Morgan fingerprint density at radius 1 is 1.41 bits per heavy atom. The molecule has 2 aromatic heterocycles. The van der Waals surface area contributed by atoms with Crippen LogP contribution in [0.3, 0.4) is 0 Å². The Balaban J connectivity index is 1.69. The third-order valence-electron chi connectivity index (χ3n) is 3.47. The zero-order valence-electron chi connectivity index (χ0n) is 12.2. The van der Waals surface area contributed by atoms with Gasteiger partial charge >= 0.3 is 5.97 Å². The standard InChI is InChI=1S/C15H16N4O3/c1-22-13(20)3-2-8-16-15(21)11-6-7-12-17-18-14(10-4-5-10)19(12)9-11/h2-3,6-7,9-10H,4-5,8H2,1H3,(H,16,21)/b3-2+. The van der Waals surface area contributed by atoms with E-state index in [1.807, 2.05) is 4.40 Å². The van der Waals surface area contributed by atoms with Crippen LogP contribution < -0.4 is 5.32 Å². The van der Waals surface area contributed by atoms with Gasteiger partial charge in [0.15, 0.2) is 5.65 Å². The van der Waals surface area contributed by atoms with Crippen LogP contribution in [0.5, 0.6) is 0 Å². The molecule has 0 radical (unpaired) electrons. The Hall–Kier alpha value is -2.70. The maximum atomic E-state index is 12.1. The van der Waals surface area contributed by atoms with E-state index in [9.17, 15) is 9.59 Å². The van der Waals surface area contributed by atoms with Crippen LogP contribution in [0.25, 0.3) is 5.65 Å². The summed E-state index contributed by atoms with van der Waals surface area (Å²) in [6.45, 7) is 0.254. The molecule has 1 saturated carbocycles. The summed E-state index contributed by atoms with van der Waals surface area (Å²) in [5, 5.41) is 11.0. The highest BCUT2D eigenvalue weighted by molar-refractivity contribution is 5.94. The van der Waals surface area contributed by atoms with Crippen LogP contribution in [0, 0.1) is 0 Å². The molecule has 7 nitrogen and oxygen atoms in total. The van der Waals surface area contributed by atoms with Crippen molar-refractivity contribution in [2.24, 2.45) is 0 Å². The Morgan fingerprint density at radius 2 is 2.23 bits per heavy atom. The van der Waals surface area contributed by atoms with E-state index >= 15 is 0 Å². The van der Waals surface area contributed by atoms with Gasteiger partial charge < -0.3 is 10.1 Å². The van der Waals surface area contributed by atoms with Gasteiger partial charge in [0, 0.05) is 24.7 Å². The van der Waals surface area contributed by atoms with Crippen LogP contribution in [0.15, 0.2) is 30.5 Å². The van der Waals surface area contributed by atoms with Crippen molar-refractivity contribution in [1.29, 1.82) is 0 Å². The van der Waals surface area contributed by atoms with Crippen LogP contribution in [0.4, 0.5) is 0 Å². The van der Waals surface area contributed by atoms with Crippen LogP contribution >= 0.6 is 0 Å². The third-order valence-corrected chi connectivity index (χ3v) is 3.47. The van der Waals surface area contributed by atoms with E-state index in [0.29, 0.717) is 11.5 Å². The normalized spacial score (nSPS) is 14.4. The number of carbonyl (C=O) groups excluding carboxylic acids is 2. The molecular formula is C15H16N4O3. The number of amides is 1. The molecular weight excluding hydrogens is 284 g/mol. The average Bonchev–Trinajstić information content (AvgIpc) is 3.30. The van der Waals surface area contributed by atoms with Crippen molar-refractivity contribution in [1.82, 2.24) is 19.9 Å². The van der Waals surface area contributed by atoms with Crippen LogP contribution in [0.1, 0.15) is 34.9 Å². The van der Waals surface area contributed by atoms with Crippen molar-refractivity contribution in [3.8, 4) is 0 Å². The minimum Gasteiger partial charge on any atom is -0.466 e. The fourth-order valence-corrected chi connectivity index (χ4v) is 2.14. The van der Waals surface area contributed by atoms with Crippen LogP contribution in [-0.2, 0) is 9.53 Å². The molecule has 3 rings (SSSR count). The number of aromatic nitrogens is 3. The molecule has 0 saturated heterocycles. The van der Waals surface area contributed by atoms with E-state index in [-0.39, 0.29) is 12.5 Å². The summed E-state index contributed by atoms with van der Waals surface area (Å²) in [7, 11) is 1.30. The summed E-state index contributed by atoms with van der Waals surface area (Å²) in [5.41, 5.74) is 1.27. The number of hydrogen-bond donors (Lipinski definition) is 1. The molecule has 7 heteroatoms. The summed E-state index contributed by atoms with van der Waals surface area (Å²) < 4.78 is 6.34. The average molecular weight is 300 g/mol.